The summed E-state index contributed by atoms with van der Waals surface area (Å²) in [5, 5.41) is 0. The molecule has 0 aliphatic carbocycles. The van der Waals surface area contributed by atoms with Gasteiger partial charge in [0.05, 0.1) is 0 Å². The van der Waals surface area contributed by atoms with E-state index in [1.807, 2.05) is 7.05 Å². The number of piperazine rings is 1. The minimum atomic E-state index is -1.20. The van der Waals surface area contributed by atoms with Crippen LogP contribution < -0.4 is 11.5 Å². The van der Waals surface area contributed by atoms with Gasteiger partial charge in [-0.2, -0.15) is 0 Å². The van der Waals surface area contributed by atoms with Gasteiger partial charge in [0.1, 0.15) is 0 Å². The number of nitrogens with zero attached hydrogens (tertiary/aromatic N) is 2. The zero-order valence-corrected chi connectivity index (χ0v) is 8.27. The Kier molecular flexibility index (Phi) is 3.43. The van der Waals surface area contributed by atoms with Crippen LogP contribution in [0.15, 0.2) is 0 Å². The van der Waals surface area contributed by atoms with Crippen molar-refractivity contribution in [3.05, 3.63) is 0 Å². The van der Waals surface area contributed by atoms with E-state index in [4.69, 9.17) is 11.5 Å². The van der Waals surface area contributed by atoms with Crippen LogP contribution in [0, 0.1) is 0 Å². The molecule has 0 aromatic carbocycles. The number of carbonyl (C=O) groups excluding carboxylic acids is 2. The maximum absolute atomic E-state index is 11.5. The molecule has 0 unspecified atom stereocenters. The summed E-state index contributed by atoms with van der Waals surface area (Å²) in [6.45, 7) is 2.82. The van der Waals surface area contributed by atoms with Crippen molar-refractivity contribution in [2.24, 2.45) is 11.5 Å². The fourth-order valence-electron chi connectivity index (χ4n) is 1.35. The van der Waals surface area contributed by atoms with Crippen molar-refractivity contribution in [3.8, 4) is 0 Å². The Morgan fingerprint density at radius 3 is 2.14 bits per heavy atom. The molecule has 1 aliphatic rings. The van der Waals surface area contributed by atoms with Gasteiger partial charge in [-0.15, -0.1) is 0 Å². The maximum Gasteiger partial charge on any atom is 0.249 e. The average molecular weight is 200 g/mol. The minimum Gasteiger partial charge on any atom is -0.368 e. The predicted molar refractivity (Wildman–Crippen MR) is 51.2 cm³/mol. The summed E-state index contributed by atoms with van der Waals surface area (Å²) in [5.41, 5.74) is 10.3. The molecule has 14 heavy (non-hydrogen) atoms. The third-order valence-corrected chi connectivity index (χ3v) is 2.39. The quantitative estimate of drug-likeness (QED) is 0.485. The zero-order chi connectivity index (χ0) is 10.7. The summed E-state index contributed by atoms with van der Waals surface area (Å²) in [7, 11) is 1.98. The van der Waals surface area contributed by atoms with Crippen LogP contribution in [0.3, 0.4) is 0 Å². The lowest BCUT2D eigenvalue weighted by atomic mass is 10.2. The van der Waals surface area contributed by atoms with Gasteiger partial charge in [0.25, 0.3) is 0 Å². The second kappa shape index (κ2) is 4.39. The highest BCUT2D eigenvalue weighted by Gasteiger charge is 2.27. The number of nitrogens with two attached hydrogens (primary N) is 2. The van der Waals surface area contributed by atoms with E-state index in [0.717, 1.165) is 13.1 Å². The van der Waals surface area contributed by atoms with E-state index in [9.17, 15) is 9.59 Å². The summed E-state index contributed by atoms with van der Waals surface area (Å²) in [5.74, 6) is -1.14. The van der Waals surface area contributed by atoms with Gasteiger partial charge >= 0.3 is 0 Å². The first kappa shape index (κ1) is 10.9. The Bertz CT molecular complexity index is 235. The third-order valence-electron chi connectivity index (χ3n) is 2.39. The number of amides is 2. The third kappa shape index (κ3) is 2.43. The molecule has 1 fully saturated rings. The summed E-state index contributed by atoms with van der Waals surface area (Å²) < 4.78 is 0. The van der Waals surface area contributed by atoms with Crippen LogP contribution in [0.5, 0.6) is 0 Å². The van der Waals surface area contributed by atoms with Crippen LogP contribution in [0.25, 0.3) is 0 Å². The Morgan fingerprint density at radius 2 is 1.71 bits per heavy atom. The topological polar surface area (TPSA) is 92.7 Å². The van der Waals surface area contributed by atoms with E-state index < -0.39 is 11.9 Å². The van der Waals surface area contributed by atoms with Crippen molar-refractivity contribution in [2.75, 3.05) is 33.2 Å². The van der Waals surface area contributed by atoms with Gasteiger partial charge in [0.15, 0.2) is 6.04 Å². The first-order chi connectivity index (χ1) is 6.52. The van der Waals surface area contributed by atoms with E-state index in [2.05, 4.69) is 4.90 Å². The molecule has 1 heterocycles. The van der Waals surface area contributed by atoms with Crippen molar-refractivity contribution in [2.45, 2.75) is 6.04 Å². The van der Waals surface area contributed by atoms with Crippen LogP contribution in [-0.2, 0) is 9.59 Å². The number of likely N-dealkylation sites (N-methyl/N-ethyl adjacent to an activating group) is 1. The molecule has 0 saturated carbocycles. The van der Waals surface area contributed by atoms with Crippen molar-refractivity contribution >= 4 is 11.8 Å². The van der Waals surface area contributed by atoms with Gasteiger partial charge in [0.2, 0.25) is 11.8 Å². The molecule has 0 spiro atoms. The summed E-state index contributed by atoms with van der Waals surface area (Å²) in [4.78, 5) is 25.9. The lowest BCUT2D eigenvalue weighted by Crippen LogP contribution is -2.55. The van der Waals surface area contributed by atoms with Gasteiger partial charge in [-0.1, -0.05) is 0 Å². The molecule has 4 N–H and O–H groups in total. The molecule has 0 radical (unpaired) electrons. The molecule has 0 bridgehead atoms. The number of hydrogen-bond acceptors (Lipinski definition) is 4. The summed E-state index contributed by atoms with van der Waals surface area (Å²) in [6, 6.07) is -1.20. The molecular formula is C8H16N4O2. The minimum absolute atomic E-state index is 0.370. The normalized spacial score (nSPS) is 20.6. The van der Waals surface area contributed by atoms with E-state index in [1.54, 1.807) is 4.90 Å². The van der Waals surface area contributed by atoms with Gasteiger partial charge in [-0.05, 0) is 7.05 Å². The van der Waals surface area contributed by atoms with Crippen LogP contribution in [0.1, 0.15) is 0 Å². The van der Waals surface area contributed by atoms with Crippen molar-refractivity contribution in [1.82, 2.24) is 9.80 Å². The summed E-state index contributed by atoms with van der Waals surface area (Å²) in [6.07, 6.45) is 0. The van der Waals surface area contributed by atoms with Crippen molar-refractivity contribution in [3.63, 3.8) is 0 Å². The molecule has 6 nitrogen and oxygen atoms in total. The number of primary amides is 1. The Morgan fingerprint density at radius 1 is 1.21 bits per heavy atom. The zero-order valence-electron chi connectivity index (χ0n) is 8.27. The Hall–Kier alpha value is -1.14. The average Bonchev–Trinajstić information content (AvgIpc) is 2.16. The smallest absolute Gasteiger partial charge is 0.249 e. The van der Waals surface area contributed by atoms with Crippen molar-refractivity contribution in [1.29, 1.82) is 0 Å². The Labute approximate surface area is 82.8 Å². The molecule has 1 atom stereocenters. The van der Waals surface area contributed by atoms with E-state index in [0.29, 0.717) is 13.1 Å². The first-order valence-corrected chi connectivity index (χ1v) is 4.54. The molecule has 80 valence electrons. The van der Waals surface area contributed by atoms with Gasteiger partial charge < -0.3 is 21.3 Å². The van der Waals surface area contributed by atoms with Crippen LogP contribution in [-0.4, -0.2) is 60.9 Å². The molecule has 1 saturated heterocycles. The molecule has 2 amide bonds. The highest BCUT2D eigenvalue weighted by atomic mass is 16.2. The van der Waals surface area contributed by atoms with Crippen LogP contribution in [0.2, 0.25) is 0 Å². The monoisotopic (exact) mass is 200 g/mol. The van der Waals surface area contributed by atoms with Gasteiger partial charge in [-0.25, -0.2) is 0 Å². The number of hydrogen-bond donors (Lipinski definition) is 2. The molecule has 0 aromatic heterocycles. The predicted octanol–water partition coefficient (Wildman–Crippen LogP) is -2.43. The van der Waals surface area contributed by atoms with Crippen LogP contribution >= 0.6 is 0 Å². The van der Waals surface area contributed by atoms with Gasteiger partial charge in [-0.3, -0.25) is 9.59 Å². The standard InChI is InChI=1S/C8H16N4O2/c1-11-2-4-12(5-3-11)8(14)6(9)7(10)13/h6H,2-5,9H2,1H3,(H2,10,13)/t6-/m0/s1. The fraction of sp³-hybridized carbons (Fsp3) is 0.750. The van der Waals surface area contributed by atoms with E-state index >= 15 is 0 Å². The first-order valence-electron chi connectivity index (χ1n) is 4.54. The summed E-state index contributed by atoms with van der Waals surface area (Å²) >= 11 is 0. The second-order valence-corrected chi connectivity index (χ2v) is 3.51. The largest absolute Gasteiger partial charge is 0.368 e. The fourth-order valence-corrected chi connectivity index (χ4v) is 1.35. The van der Waals surface area contributed by atoms with E-state index in [-0.39, 0.29) is 5.91 Å². The van der Waals surface area contributed by atoms with Crippen LogP contribution in [0.4, 0.5) is 0 Å². The lowest BCUT2D eigenvalue weighted by molar-refractivity contribution is -0.138. The molecule has 1 aliphatic heterocycles. The SMILES string of the molecule is CN1CCN(C(=O)[C@@H](N)C(N)=O)CC1. The molecule has 1 rings (SSSR count). The highest BCUT2D eigenvalue weighted by Crippen LogP contribution is 2.00. The number of rotatable bonds is 2. The molecular weight excluding hydrogens is 184 g/mol. The molecule has 6 heteroatoms. The Balaban J connectivity index is 2.49. The number of carbonyl (C=O) groups is 2. The van der Waals surface area contributed by atoms with E-state index in [1.165, 1.54) is 0 Å². The van der Waals surface area contributed by atoms with Crippen molar-refractivity contribution < 1.29 is 9.59 Å². The van der Waals surface area contributed by atoms with Gasteiger partial charge in [0, 0.05) is 26.2 Å². The molecule has 0 aromatic rings. The highest BCUT2D eigenvalue weighted by molar-refractivity contribution is 6.03. The lowest BCUT2D eigenvalue weighted by Gasteiger charge is -2.33. The second-order valence-electron chi connectivity index (χ2n) is 3.51. The maximum atomic E-state index is 11.5.